The van der Waals surface area contributed by atoms with Gasteiger partial charge in [-0.05, 0) is 32.3 Å². The van der Waals surface area contributed by atoms with Gasteiger partial charge in [0.15, 0.2) is 14.6 Å². The quantitative estimate of drug-likeness (QED) is 0.541. The van der Waals surface area contributed by atoms with Crippen LogP contribution < -0.4 is 0 Å². The highest BCUT2D eigenvalue weighted by molar-refractivity contribution is 7.93. The predicted molar refractivity (Wildman–Crippen MR) is 77.3 cm³/mol. The van der Waals surface area contributed by atoms with Crippen molar-refractivity contribution in [1.29, 1.82) is 0 Å². The SMILES string of the molecule is C=C1C[C@@H](C(=O)OCC)C[C@]1(C(=O)OCC)S(=O)(=O)CC. The molecular weight excluding hydrogens is 296 g/mol. The maximum Gasteiger partial charge on any atom is 0.331 e. The molecule has 6 nitrogen and oxygen atoms in total. The van der Waals surface area contributed by atoms with Crippen molar-refractivity contribution in [2.45, 2.75) is 38.4 Å². The Bertz CT molecular complexity index is 536. The number of sulfone groups is 1. The zero-order chi connectivity index (χ0) is 16.3. The smallest absolute Gasteiger partial charge is 0.331 e. The van der Waals surface area contributed by atoms with Gasteiger partial charge in [-0.3, -0.25) is 4.79 Å². The maximum atomic E-state index is 12.5. The fourth-order valence-corrected chi connectivity index (χ4v) is 4.43. The molecule has 1 saturated carbocycles. The van der Waals surface area contributed by atoms with E-state index in [1.54, 1.807) is 13.8 Å². The van der Waals surface area contributed by atoms with Gasteiger partial charge in [-0.2, -0.15) is 0 Å². The number of carbonyl (C=O) groups is 2. The van der Waals surface area contributed by atoms with Crippen LogP contribution in [0, 0.1) is 5.92 Å². The molecule has 0 N–H and O–H groups in total. The Balaban J connectivity index is 3.24. The number of ether oxygens (including phenoxy) is 2. The molecule has 1 rings (SSSR count). The molecule has 21 heavy (non-hydrogen) atoms. The lowest BCUT2D eigenvalue weighted by molar-refractivity contribution is -0.148. The Morgan fingerprint density at radius 1 is 1.24 bits per heavy atom. The van der Waals surface area contributed by atoms with E-state index in [1.165, 1.54) is 6.92 Å². The van der Waals surface area contributed by atoms with Crippen molar-refractivity contribution in [3.8, 4) is 0 Å². The van der Waals surface area contributed by atoms with E-state index in [9.17, 15) is 18.0 Å². The molecule has 0 aromatic rings. The van der Waals surface area contributed by atoms with Crippen LogP contribution >= 0.6 is 0 Å². The minimum atomic E-state index is -3.79. The van der Waals surface area contributed by atoms with E-state index < -0.39 is 32.4 Å². The van der Waals surface area contributed by atoms with Gasteiger partial charge in [0.1, 0.15) is 0 Å². The molecule has 0 aromatic heterocycles. The highest BCUT2D eigenvalue weighted by Gasteiger charge is 2.59. The standard InChI is InChI=1S/C14H22O6S/c1-5-19-12(15)11-8-10(4)14(9-11,13(16)20-6-2)21(17,18)7-3/h11H,4-9H2,1-3H3/t11-,14+/m1/s1. The second-order valence-electron chi connectivity index (χ2n) is 4.91. The fourth-order valence-electron chi connectivity index (χ4n) is 2.65. The normalized spacial score (nSPS) is 25.7. The second kappa shape index (κ2) is 6.60. The summed E-state index contributed by atoms with van der Waals surface area (Å²) in [5.41, 5.74) is 0.209. The minimum absolute atomic E-state index is 0.0666. The van der Waals surface area contributed by atoms with Gasteiger partial charge in [-0.25, -0.2) is 13.2 Å². The molecule has 0 saturated heterocycles. The third-order valence-electron chi connectivity index (χ3n) is 3.73. The Morgan fingerprint density at radius 2 is 1.81 bits per heavy atom. The summed E-state index contributed by atoms with van der Waals surface area (Å²) in [7, 11) is -3.79. The Hall–Kier alpha value is -1.37. The van der Waals surface area contributed by atoms with Crippen LogP contribution in [0.5, 0.6) is 0 Å². The number of rotatable bonds is 6. The van der Waals surface area contributed by atoms with E-state index in [2.05, 4.69) is 6.58 Å². The summed E-state index contributed by atoms with van der Waals surface area (Å²) in [4.78, 5) is 24.2. The first-order chi connectivity index (χ1) is 9.76. The molecule has 0 aromatic carbocycles. The molecule has 2 atom stereocenters. The van der Waals surface area contributed by atoms with Gasteiger partial charge in [0.25, 0.3) is 0 Å². The molecule has 0 amide bonds. The molecule has 0 unspecified atom stereocenters. The van der Waals surface area contributed by atoms with Crippen molar-refractivity contribution < 1.29 is 27.5 Å². The maximum absolute atomic E-state index is 12.5. The molecule has 1 fully saturated rings. The van der Waals surface area contributed by atoms with E-state index in [4.69, 9.17) is 9.47 Å². The molecule has 0 bridgehead atoms. The van der Waals surface area contributed by atoms with Crippen molar-refractivity contribution in [2.75, 3.05) is 19.0 Å². The largest absolute Gasteiger partial charge is 0.466 e. The lowest BCUT2D eigenvalue weighted by Crippen LogP contribution is -2.48. The van der Waals surface area contributed by atoms with Crippen molar-refractivity contribution in [1.82, 2.24) is 0 Å². The lowest BCUT2D eigenvalue weighted by Gasteiger charge is -2.27. The molecule has 0 aliphatic heterocycles. The van der Waals surface area contributed by atoms with Crippen molar-refractivity contribution in [3.05, 3.63) is 12.2 Å². The summed E-state index contributed by atoms with van der Waals surface area (Å²) < 4.78 is 33.0. The van der Waals surface area contributed by atoms with E-state index in [0.29, 0.717) is 0 Å². The first-order valence-electron chi connectivity index (χ1n) is 7.01. The molecule has 1 aliphatic carbocycles. The van der Waals surface area contributed by atoms with Crippen LogP contribution in [0.1, 0.15) is 33.6 Å². The summed E-state index contributed by atoms with van der Waals surface area (Å²) in [6.07, 6.45) is -0.0312. The molecular formula is C14H22O6S. The lowest BCUT2D eigenvalue weighted by atomic mass is 10.0. The molecule has 1 aliphatic rings. The van der Waals surface area contributed by atoms with Gasteiger partial charge >= 0.3 is 11.9 Å². The minimum Gasteiger partial charge on any atom is -0.466 e. The van der Waals surface area contributed by atoms with Crippen LogP contribution in [0.15, 0.2) is 12.2 Å². The van der Waals surface area contributed by atoms with Crippen LogP contribution in [0.25, 0.3) is 0 Å². The Morgan fingerprint density at radius 3 is 2.29 bits per heavy atom. The van der Waals surface area contributed by atoms with E-state index >= 15 is 0 Å². The summed E-state index contributed by atoms with van der Waals surface area (Å²) in [5.74, 6) is -2.25. The third-order valence-corrected chi connectivity index (χ3v) is 6.18. The van der Waals surface area contributed by atoms with E-state index in [0.717, 1.165) is 0 Å². The number of hydrogen-bond donors (Lipinski definition) is 0. The Kier molecular flexibility index (Phi) is 5.55. The molecule has 7 heteroatoms. The van der Waals surface area contributed by atoms with Crippen LogP contribution in [0.3, 0.4) is 0 Å². The highest BCUT2D eigenvalue weighted by Crippen LogP contribution is 2.45. The number of esters is 2. The van der Waals surface area contributed by atoms with Crippen LogP contribution in [0.2, 0.25) is 0 Å². The van der Waals surface area contributed by atoms with Gasteiger partial charge in [-0.1, -0.05) is 13.5 Å². The molecule has 0 heterocycles. The van der Waals surface area contributed by atoms with E-state index in [-0.39, 0.29) is 37.4 Å². The first-order valence-corrected chi connectivity index (χ1v) is 8.66. The van der Waals surface area contributed by atoms with Crippen LogP contribution in [-0.2, 0) is 28.9 Å². The number of hydrogen-bond acceptors (Lipinski definition) is 6. The Labute approximate surface area is 125 Å². The van der Waals surface area contributed by atoms with Gasteiger partial charge in [0.05, 0.1) is 19.1 Å². The first kappa shape index (κ1) is 17.7. The van der Waals surface area contributed by atoms with Gasteiger partial charge < -0.3 is 9.47 Å². The van der Waals surface area contributed by atoms with Crippen molar-refractivity contribution >= 4 is 21.8 Å². The second-order valence-corrected chi connectivity index (χ2v) is 7.42. The van der Waals surface area contributed by atoms with Gasteiger partial charge in [0.2, 0.25) is 0 Å². The van der Waals surface area contributed by atoms with E-state index in [1.807, 2.05) is 0 Å². The molecule has 0 radical (unpaired) electrons. The summed E-state index contributed by atoms with van der Waals surface area (Å²) >= 11 is 0. The summed E-state index contributed by atoms with van der Waals surface area (Å²) in [5, 5.41) is 0. The average Bonchev–Trinajstić information content (AvgIpc) is 2.79. The van der Waals surface area contributed by atoms with Crippen molar-refractivity contribution in [2.24, 2.45) is 5.92 Å². The predicted octanol–water partition coefficient (Wildman–Crippen LogP) is 1.25. The van der Waals surface area contributed by atoms with Crippen LogP contribution in [-0.4, -0.2) is 44.1 Å². The van der Waals surface area contributed by atoms with Gasteiger partial charge in [0, 0.05) is 5.75 Å². The molecule has 120 valence electrons. The summed E-state index contributed by atoms with van der Waals surface area (Å²) in [6.45, 7) is 8.73. The van der Waals surface area contributed by atoms with Gasteiger partial charge in [-0.15, -0.1) is 0 Å². The topological polar surface area (TPSA) is 86.7 Å². The molecule has 0 spiro atoms. The zero-order valence-corrected chi connectivity index (χ0v) is 13.5. The average molecular weight is 318 g/mol. The third kappa shape index (κ3) is 2.97. The highest BCUT2D eigenvalue weighted by atomic mass is 32.2. The summed E-state index contributed by atoms with van der Waals surface area (Å²) in [6, 6.07) is 0. The number of carbonyl (C=O) groups excluding carboxylic acids is 2. The monoisotopic (exact) mass is 318 g/mol. The fraction of sp³-hybridized carbons (Fsp3) is 0.714. The van der Waals surface area contributed by atoms with Crippen LogP contribution in [0.4, 0.5) is 0 Å². The van der Waals surface area contributed by atoms with Crippen molar-refractivity contribution in [3.63, 3.8) is 0 Å². The zero-order valence-electron chi connectivity index (χ0n) is 12.7.